The lowest BCUT2D eigenvalue weighted by Gasteiger charge is -2.13. The Bertz CT molecular complexity index is 776. The third-order valence-electron chi connectivity index (χ3n) is 3.79. The molecule has 2 amide bonds. The quantitative estimate of drug-likeness (QED) is 0.601. The Morgan fingerprint density at radius 2 is 1.96 bits per heavy atom. The van der Waals surface area contributed by atoms with Crippen LogP contribution in [-0.2, 0) is 22.6 Å². The fraction of sp³-hybridized carbons (Fsp3) is 0.444. The summed E-state index contributed by atoms with van der Waals surface area (Å²) in [6.07, 6.45) is 0.653. The summed E-state index contributed by atoms with van der Waals surface area (Å²) in [5, 5.41) is 11.4. The molecule has 0 saturated carbocycles. The van der Waals surface area contributed by atoms with Gasteiger partial charge in [-0.2, -0.15) is 0 Å². The standard InChI is InChI=1S/C18H25N5O3S/c1-4-23-16(11-10-15(19)24)21-22-18(23)27-12(3)17(25)20-13-6-8-14(9-7-13)26-5-2/h6-9,12H,4-5,10-11H2,1-3H3,(H2,19,24)(H,20,25)/t12-/m0/s1. The summed E-state index contributed by atoms with van der Waals surface area (Å²) in [6.45, 7) is 6.94. The molecule has 0 saturated heterocycles. The highest BCUT2D eigenvalue weighted by Gasteiger charge is 2.20. The van der Waals surface area contributed by atoms with Crippen molar-refractivity contribution in [3.05, 3.63) is 30.1 Å². The maximum Gasteiger partial charge on any atom is 0.237 e. The van der Waals surface area contributed by atoms with Crippen molar-refractivity contribution in [2.75, 3.05) is 11.9 Å². The summed E-state index contributed by atoms with van der Waals surface area (Å²) in [7, 11) is 0. The molecule has 0 aliphatic heterocycles. The molecular weight excluding hydrogens is 366 g/mol. The number of hydrogen-bond donors (Lipinski definition) is 2. The summed E-state index contributed by atoms with van der Waals surface area (Å²) in [6, 6.07) is 7.23. The first-order valence-electron chi connectivity index (χ1n) is 8.85. The van der Waals surface area contributed by atoms with E-state index in [1.165, 1.54) is 11.8 Å². The van der Waals surface area contributed by atoms with E-state index in [0.29, 0.717) is 36.2 Å². The van der Waals surface area contributed by atoms with E-state index in [9.17, 15) is 9.59 Å². The van der Waals surface area contributed by atoms with Gasteiger partial charge in [0.05, 0.1) is 11.9 Å². The molecule has 0 fully saturated rings. The minimum Gasteiger partial charge on any atom is -0.494 e. The number of ether oxygens (including phenoxy) is 1. The molecule has 2 rings (SSSR count). The predicted molar refractivity (Wildman–Crippen MR) is 105 cm³/mol. The third kappa shape index (κ3) is 5.99. The van der Waals surface area contributed by atoms with Gasteiger partial charge in [-0.15, -0.1) is 10.2 Å². The normalized spacial score (nSPS) is 11.8. The van der Waals surface area contributed by atoms with Crippen molar-refractivity contribution in [3.8, 4) is 5.75 Å². The summed E-state index contributed by atoms with van der Waals surface area (Å²) >= 11 is 1.32. The number of carbonyl (C=O) groups excluding carboxylic acids is 2. The van der Waals surface area contributed by atoms with Crippen molar-refractivity contribution in [1.82, 2.24) is 14.8 Å². The molecule has 0 radical (unpaired) electrons. The zero-order valence-corrected chi connectivity index (χ0v) is 16.6. The number of nitrogens with two attached hydrogens (primary N) is 1. The van der Waals surface area contributed by atoms with Gasteiger partial charge in [-0.1, -0.05) is 11.8 Å². The van der Waals surface area contributed by atoms with Crippen LogP contribution in [0.3, 0.4) is 0 Å². The Balaban J connectivity index is 1.98. The first kappa shape index (κ1) is 20.8. The van der Waals surface area contributed by atoms with Gasteiger partial charge in [0.1, 0.15) is 11.6 Å². The largest absolute Gasteiger partial charge is 0.494 e. The van der Waals surface area contributed by atoms with Gasteiger partial charge in [0.25, 0.3) is 0 Å². The molecular formula is C18H25N5O3S. The molecule has 1 aromatic heterocycles. The van der Waals surface area contributed by atoms with Crippen LogP contribution < -0.4 is 15.8 Å². The number of amides is 2. The highest BCUT2D eigenvalue weighted by molar-refractivity contribution is 8.00. The zero-order valence-electron chi connectivity index (χ0n) is 15.8. The molecule has 27 heavy (non-hydrogen) atoms. The Hall–Kier alpha value is -2.55. The second-order valence-electron chi connectivity index (χ2n) is 5.82. The number of carbonyl (C=O) groups is 2. The molecule has 0 unspecified atom stereocenters. The number of aryl methyl sites for hydroxylation is 1. The lowest BCUT2D eigenvalue weighted by atomic mass is 10.3. The van der Waals surface area contributed by atoms with Gasteiger partial charge >= 0.3 is 0 Å². The molecule has 146 valence electrons. The number of aromatic nitrogens is 3. The summed E-state index contributed by atoms with van der Waals surface area (Å²) in [4.78, 5) is 23.4. The van der Waals surface area contributed by atoms with E-state index < -0.39 is 0 Å². The van der Waals surface area contributed by atoms with E-state index >= 15 is 0 Å². The van der Waals surface area contributed by atoms with Crippen molar-refractivity contribution >= 4 is 29.3 Å². The number of primary amides is 1. The first-order chi connectivity index (χ1) is 12.9. The maximum absolute atomic E-state index is 12.5. The smallest absolute Gasteiger partial charge is 0.237 e. The van der Waals surface area contributed by atoms with Crippen LogP contribution in [-0.4, -0.2) is 38.4 Å². The topological polar surface area (TPSA) is 112 Å². The molecule has 3 N–H and O–H groups in total. The minimum absolute atomic E-state index is 0.131. The Morgan fingerprint density at radius 3 is 2.56 bits per heavy atom. The van der Waals surface area contributed by atoms with Crippen LogP contribution in [0, 0.1) is 0 Å². The van der Waals surface area contributed by atoms with Crippen LogP contribution in [0.1, 0.15) is 33.0 Å². The average Bonchev–Trinajstić information content (AvgIpc) is 3.03. The summed E-state index contributed by atoms with van der Waals surface area (Å²) in [5.41, 5.74) is 5.90. The lowest BCUT2D eigenvalue weighted by molar-refractivity contribution is -0.118. The fourth-order valence-electron chi connectivity index (χ4n) is 2.40. The monoisotopic (exact) mass is 391 g/mol. The number of nitrogens with one attached hydrogen (secondary N) is 1. The van der Waals surface area contributed by atoms with Crippen molar-refractivity contribution in [1.29, 1.82) is 0 Å². The van der Waals surface area contributed by atoms with Gasteiger partial charge in [-0.25, -0.2) is 0 Å². The predicted octanol–water partition coefficient (Wildman–Crippen LogP) is 2.23. The number of nitrogens with zero attached hydrogens (tertiary/aromatic N) is 3. The average molecular weight is 391 g/mol. The Kier molecular flexibility index (Phi) is 7.66. The second kappa shape index (κ2) is 9.96. The Morgan fingerprint density at radius 1 is 1.26 bits per heavy atom. The molecule has 0 aliphatic rings. The molecule has 0 bridgehead atoms. The lowest BCUT2D eigenvalue weighted by Crippen LogP contribution is -2.23. The van der Waals surface area contributed by atoms with Gasteiger partial charge in [0.2, 0.25) is 11.8 Å². The maximum atomic E-state index is 12.5. The number of thioether (sulfide) groups is 1. The van der Waals surface area contributed by atoms with Crippen LogP contribution >= 0.6 is 11.8 Å². The van der Waals surface area contributed by atoms with Crippen molar-refractivity contribution in [3.63, 3.8) is 0 Å². The van der Waals surface area contributed by atoms with Crippen LogP contribution in [0.5, 0.6) is 5.75 Å². The molecule has 0 spiro atoms. The number of anilines is 1. The number of benzene rings is 1. The molecule has 9 heteroatoms. The van der Waals surface area contributed by atoms with Gasteiger partial charge in [0, 0.05) is 25.1 Å². The molecule has 1 aromatic carbocycles. The highest BCUT2D eigenvalue weighted by atomic mass is 32.2. The number of hydrogen-bond acceptors (Lipinski definition) is 6. The third-order valence-corrected chi connectivity index (χ3v) is 4.87. The van der Waals surface area contributed by atoms with Crippen molar-refractivity contribution < 1.29 is 14.3 Å². The first-order valence-corrected chi connectivity index (χ1v) is 9.73. The minimum atomic E-state index is -0.377. The molecule has 1 atom stereocenters. The van der Waals surface area contributed by atoms with Crippen LogP contribution in [0.15, 0.2) is 29.4 Å². The highest BCUT2D eigenvalue weighted by Crippen LogP contribution is 2.24. The van der Waals surface area contributed by atoms with E-state index in [1.54, 1.807) is 12.1 Å². The van der Waals surface area contributed by atoms with E-state index in [0.717, 1.165) is 5.75 Å². The van der Waals surface area contributed by atoms with Crippen LogP contribution in [0.2, 0.25) is 0 Å². The van der Waals surface area contributed by atoms with Gasteiger partial charge in [-0.3, -0.25) is 9.59 Å². The van der Waals surface area contributed by atoms with E-state index in [-0.39, 0.29) is 23.5 Å². The van der Waals surface area contributed by atoms with E-state index in [4.69, 9.17) is 10.5 Å². The van der Waals surface area contributed by atoms with Gasteiger partial charge < -0.3 is 20.4 Å². The molecule has 0 aliphatic carbocycles. The second-order valence-corrected chi connectivity index (χ2v) is 7.12. The Labute approximate surface area is 162 Å². The number of rotatable bonds is 10. The SMILES string of the molecule is CCOc1ccc(NC(=O)[C@H](C)Sc2nnc(CCC(N)=O)n2CC)cc1. The van der Waals surface area contributed by atoms with Crippen molar-refractivity contribution in [2.45, 2.75) is 50.6 Å². The van der Waals surface area contributed by atoms with Gasteiger partial charge in [-0.05, 0) is 45.0 Å². The van der Waals surface area contributed by atoms with E-state index in [1.807, 2.05) is 37.5 Å². The van der Waals surface area contributed by atoms with Gasteiger partial charge in [0.15, 0.2) is 5.16 Å². The molecule has 1 heterocycles. The molecule has 2 aromatic rings. The fourth-order valence-corrected chi connectivity index (χ4v) is 3.33. The molecule has 8 nitrogen and oxygen atoms in total. The zero-order chi connectivity index (χ0) is 19.8. The summed E-state index contributed by atoms with van der Waals surface area (Å²) in [5.74, 6) is 0.946. The van der Waals surface area contributed by atoms with Crippen LogP contribution in [0.25, 0.3) is 0 Å². The summed E-state index contributed by atoms with van der Waals surface area (Å²) < 4.78 is 7.29. The van der Waals surface area contributed by atoms with Crippen molar-refractivity contribution in [2.24, 2.45) is 5.73 Å². The van der Waals surface area contributed by atoms with Crippen LogP contribution in [0.4, 0.5) is 5.69 Å². The van der Waals surface area contributed by atoms with E-state index in [2.05, 4.69) is 15.5 Å².